The van der Waals surface area contributed by atoms with Crippen molar-refractivity contribution >= 4 is 39.8 Å². The summed E-state index contributed by atoms with van der Waals surface area (Å²) in [5, 5.41) is 10.6. The molecule has 0 aliphatic heterocycles. The van der Waals surface area contributed by atoms with E-state index in [1.807, 2.05) is 0 Å². The number of carbonyl (C=O) groups excluding carboxylic acids is 2. The molecular weight excluding hydrogens is 424 g/mol. The summed E-state index contributed by atoms with van der Waals surface area (Å²) in [6, 6.07) is 8.15. The standard InChI is InChI=1S/C21H19ClN4O3S/c1-23-19(28)17-14-4-2-3-5-16(14)30-21(17)24-20(29)18-15(27)10-11-26(25-18)13-8-6-12(22)7-9-13/h6-11H,2-5H2,1H3,(H,23,28)(H,24,29). The van der Waals surface area contributed by atoms with Gasteiger partial charge in [-0.1, -0.05) is 11.6 Å². The van der Waals surface area contributed by atoms with E-state index in [9.17, 15) is 14.4 Å². The van der Waals surface area contributed by atoms with Crippen molar-refractivity contribution in [1.29, 1.82) is 0 Å². The Kier molecular flexibility index (Phi) is 5.69. The van der Waals surface area contributed by atoms with Crippen molar-refractivity contribution in [2.75, 3.05) is 12.4 Å². The number of aryl methyl sites for hydroxylation is 1. The Balaban J connectivity index is 1.69. The van der Waals surface area contributed by atoms with Crippen molar-refractivity contribution in [3.8, 4) is 5.69 Å². The lowest BCUT2D eigenvalue weighted by Gasteiger charge is -2.12. The van der Waals surface area contributed by atoms with Gasteiger partial charge in [-0.25, -0.2) is 4.68 Å². The summed E-state index contributed by atoms with van der Waals surface area (Å²) in [6.45, 7) is 0. The fourth-order valence-electron chi connectivity index (χ4n) is 3.48. The summed E-state index contributed by atoms with van der Waals surface area (Å²) >= 11 is 7.31. The third kappa shape index (κ3) is 3.88. The van der Waals surface area contributed by atoms with E-state index in [0.717, 1.165) is 36.1 Å². The number of fused-ring (bicyclic) bond motifs is 1. The molecule has 2 N–H and O–H groups in total. The van der Waals surface area contributed by atoms with E-state index in [1.54, 1.807) is 31.3 Å². The molecule has 0 radical (unpaired) electrons. The summed E-state index contributed by atoms with van der Waals surface area (Å²) < 4.78 is 1.44. The number of carbonyl (C=O) groups is 2. The second kappa shape index (κ2) is 8.41. The fourth-order valence-corrected chi connectivity index (χ4v) is 4.89. The summed E-state index contributed by atoms with van der Waals surface area (Å²) in [5.74, 6) is -0.892. The highest BCUT2D eigenvalue weighted by Gasteiger charge is 2.26. The molecule has 4 rings (SSSR count). The normalized spacial score (nSPS) is 12.9. The third-order valence-corrected chi connectivity index (χ3v) is 6.43. The molecule has 154 valence electrons. The minimum absolute atomic E-state index is 0.246. The molecule has 2 heterocycles. The number of nitrogens with one attached hydrogen (secondary N) is 2. The molecule has 2 amide bonds. The number of hydrogen-bond acceptors (Lipinski definition) is 5. The highest BCUT2D eigenvalue weighted by Crippen LogP contribution is 2.38. The van der Waals surface area contributed by atoms with Crippen LogP contribution in [0.2, 0.25) is 5.02 Å². The van der Waals surface area contributed by atoms with E-state index >= 15 is 0 Å². The first kappa shape index (κ1) is 20.3. The number of aromatic nitrogens is 2. The summed E-state index contributed by atoms with van der Waals surface area (Å²) in [5.41, 5.74) is 1.38. The third-order valence-electron chi connectivity index (χ3n) is 4.97. The number of anilines is 1. The van der Waals surface area contributed by atoms with Crippen molar-refractivity contribution in [3.05, 3.63) is 73.5 Å². The molecular formula is C21H19ClN4O3S. The van der Waals surface area contributed by atoms with Gasteiger partial charge in [0.1, 0.15) is 5.00 Å². The molecule has 0 atom stereocenters. The molecule has 9 heteroatoms. The van der Waals surface area contributed by atoms with Gasteiger partial charge in [-0.2, -0.15) is 5.10 Å². The quantitative estimate of drug-likeness (QED) is 0.647. The summed E-state index contributed by atoms with van der Waals surface area (Å²) in [4.78, 5) is 38.8. The number of thiophene rings is 1. The Hall–Kier alpha value is -2.97. The molecule has 0 spiro atoms. The molecule has 30 heavy (non-hydrogen) atoms. The maximum Gasteiger partial charge on any atom is 0.280 e. The van der Waals surface area contributed by atoms with Gasteiger partial charge >= 0.3 is 0 Å². The molecule has 1 aliphatic rings. The molecule has 0 saturated heterocycles. The van der Waals surface area contributed by atoms with Crippen LogP contribution in [0.25, 0.3) is 5.69 Å². The van der Waals surface area contributed by atoms with Gasteiger partial charge in [-0.15, -0.1) is 11.3 Å². The molecule has 3 aromatic rings. The summed E-state index contributed by atoms with van der Waals surface area (Å²) in [7, 11) is 1.56. The number of hydrogen-bond donors (Lipinski definition) is 2. The number of halogens is 1. The molecule has 0 unspecified atom stereocenters. The average molecular weight is 443 g/mol. The van der Waals surface area contributed by atoms with E-state index in [-0.39, 0.29) is 11.6 Å². The average Bonchev–Trinajstić information content (AvgIpc) is 3.12. The Bertz CT molecular complexity index is 1180. The van der Waals surface area contributed by atoms with E-state index in [0.29, 0.717) is 21.3 Å². The Morgan fingerprint density at radius 1 is 1.10 bits per heavy atom. The second-order valence-electron chi connectivity index (χ2n) is 6.90. The highest BCUT2D eigenvalue weighted by atomic mass is 35.5. The van der Waals surface area contributed by atoms with E-state index < -0.39 is 11.3 Å². The number of amides is 2. The van der Waals surface area contributed by atoms with Gasteiger partial charge in [-0.3, -0.25) is 14.4 Å². The van der Waals surface area contributed by atoms with Crippen molar-refractivity contribution in [1.82, 2.24) is 15.1 Å². The van der Waals surface area contributed by atoms with Gasteiger partial charge in [-0.05, 0) is 55.5 Å². The smallest absolute Gasteiger partial charge is 0.280 e. The zero-order valence-electron chi connectivity index (χ0n) is 16.2. The molecule has 0 saturated carbocycles. The van der Waals surface area contributed by atoms with Crippen molar-refractivity contribution in [3.63, 3.8) is 0 Å². The topological polar surface area (TPSA) is 93.1 Å². The van der Waals surface area contributed by atoms with Crippen molar-refractivity contribution < 1.29 is 9.59 Å². The van der Waals surface area contributed by atoms with Crippen molar-refractivity contribution in [2.45, 2.75) is 25.7 Å². The van der Waals surface area contributed by atoms with Gasteiger partial charge in [0.2, 0.25) is 5.43 Å². The van der Waals surface area contributed by atoms with Gasteiger partial charge < -0.3 is 10.6 Å². The van der Waals surface area contributed by atoms with Crippen LogP contribution in [0.5, 0.6) is 0 Å². The lowest BCUT2D eigenvalue weighted by atomic mass is 9.95. The highest BCUT2D eigenvalue weighted by molar-refractivity contribution is 7.17. The van der Waals surface area contributed by atoms with Gasteiger partial charge in [0.25, 0.3) is 11.8 Å². The zero-order chi connectivity index (χ0) is 21.3. The van der Waals surface area contributed by atoms with E-state index in [1.165, 1.54) is 28.3 Å². The SMILES string of the molecule is CNC(=O)c1c(NC(=O)c2nn(-c3ccc(Cl)cc3)ccc2=O)sc2c1CCCC2. The van der Waals surface area contributed by atoms with Crippen LogP contribution in [0, 0.1) is 0 Å². The Morgan fingerprint density at radius 3 is 2.57 bits per heavy atom. The van der Waals surface area contributed by atoms with Crippen LogP contribution in [0.1, 0.15) is 44.1 Å². The molecule has 0 fully saturated rings. The minimum atomic E-state index is -0.646. The molecule has 7 nitrogen and oxygen atoms in total. The number of rotatable bonds is 4. The number of benzene rings is 1. The van der Waals surface area contributed by atoms with Crippen LogP contribution in [0.4, 0.5) is 5.00 Å². The first-order chi connectivity index (χ1) is 14.5. The monoisotopic (exact) mass is 442 g/mol. The molecule has 1 aromatic carbocycles. The fraction of sp³-hybridized carbons (Fsp3) is 0.238. The zero-order valence-corrected chi connectivity index (χ0v) is 17.8. The van der Waals surface area contributed by atoms with E-state index in [2.05, 4.69) is 15.7 Å². The predicted octanol–water partition coefficient (Wildman–Crippen LogP) is 3.44. The maximum atomic E-state index is 12.9. The lowest BCUT2D eigenvalue weighted by molar-refractivity contribution is 0.0963. The van der Waals surface area contributed by atoms with Crippen molar-refractivity contribution in [2.24, 2.45) is 0 Å². The minimum Gasteiger partial charge on any atom is -0.355 e. The van der Waals surface area contributed by atoms with Crippen LogP contribution in [-0.4, -0.2) is 28.6 Å². The maximum absolute atomic E-state index is 12.9. The largest absolute Gasteiger partial charge is 0.355 e. The Labute approximate surface area is 181 Å². The number of nitrogens with zero attached hydrogens (tertiary/aromatic N) is 2. The first-order valence-electron chi connectivity index (χ1n) is 9.52. The molecule has 1 aliphatic carbocycles. The first-order valence-corrected chi connectivity index (χ1v) is 10.7. The van der Waals surface area contributed by atoms with Crippen LogP contribution in [-0.2, 0) is 12.8 Å². The summed E-state index contributed by atoms with van der Waals surface area (Å²) in [6.07, 6.45) is 5.24. The molecule has 2 aromatic heterocycles. The van der Waals surface area contributed by atoms with Crippen LogP contribution >= 0.6 is 22.9 Å². The van der Waals surface area contributed by atoms with Gasteiger partial charge in [0.15, 0.2) is 5.69 Å². The Morgan fingerprint density at radius 2 is 1.83 bits per heavy atom. The van der Waals surface area contributed by atoms with Crippen LogP contribution < -0.4 is 16.1 Å². The van der Waals surface area contributed by atoms with Gasteiger partial charge in [0, 0.05) is 29.2 Å². The predicted molar refractivity (Wildman–Crippen MR) is 117 cm³/mol. The lowest BCUT2D eigenvalue weighted by Crippen LogP contribution is -2.27. The van der Waals surface area contributed by atoms with E-state index in [4.69, 9.17) is 11.6 Å². The molecule has 0 bridgehead atoms. The van der Waals surface area contributed by atoms with Crippen LogP contribution in [0.15, 0.2) is 41.3 Å². The second-order valence-corrected chi connectivity index (χ2v) is 8.44. The van der Waals surface area contributed by atoms with Crippen LogP contribution in [0.3, 0.4) is 0 Å². The van der Waals surface area contributed by atoms with Gasteiger partial charge in [0.05, 0.1) is 11.3 Å².